The molecule has 2 aromatic heterocycles. The molecule has 0 amide bonds. The normalized spacial score (nSPS) is 10.7. The van der Waals surface area contributed by atoms with Crippen molar-refractivity contribution in [2.45, 2.75) is 0 Å². The van der Waals surface area contributed by atoms with E-state index in [9.17, 15) is 0 Å². The van der Waals surface area contributed by atoms with Gasteiger partial charge in [0.1, 0.15) is 0 Å². The zero-order valence-corrected chi connectivity index (χ0v) is 5.64. The Bertz CT molecular complexity index is 287. The van der Waals surface area contributed by atoms with Crippen molar-refractivity contribution in [3.63, 3.8) is 0 Å². The minimum absolute atomic E-state index is 0.999. The Kier molecular flexibility index (Phi) is 1.13. The third-order valence-electron chi connectivity index (χ3n) is 1.26. The first kappa shape index (κ1) is 5.19. The van der Waals surface area contributed by atoms with Crippen LogP contribution in [0.2, 0.25) is 0 Å². The fourth-order valence-electron chi connectivity index (χ4n) is 0.808. The zero-order valence-electron chi connectivity index (χ0n) is 4.74. The van der Waals surface area contributed by atoms with Gasteiger partial charge < -0.3 is 0 Å². The molecule has 0 aliphatic carbocycles. The molecule has 0 spiro atoms. The average Bonchev–Trinajstić information content (AvgIpc) is 2.33. The first-order chi connectivity index (χ1) is 4.47. The van der Waals surface area contributed by atoms with E-state index in [2.05, 4.69) is 18.4 Å². The van der Waals surface area contributed by atoms with E-state index < -0.39 is 0 Å². The minimum atomic E-state index is 0.999. The molecule has 0 aliphatic rings. The van der Waals surface area contributed by atoms with Crippen LogP contribution < -0.4 is 0 Å². The maximum atomic E-state index is 5.14. The van der Waals surface area contributed by atoms with E-state index in [4.69, 9.17) is 4.42 Å². The summed E-state index contributed by atoms with van der Waals surface area (Å²) in [5, 5.41) is 1.19. The summed E-state index contributed by atoms with van der Waals surface area (Å²) in [4.78, 5) is 0. The van der Waals surface area contributed by atoms with Crippen LogP contribution in [-0.4, -0.2) is 6.62 Å². The molecule has 0 aromatic carbocycles. The predicted octanol–water partition coefficient (Wildman–Crippen LogP) is 2.35. The zero-order chi connectivity index (χ0) is 6.10. The SMILES string of the molecule is b1cc2ccoc2cp1. The fourth-order valence-corrected chi connectivity index (χ4v) is 1.49. The second-order valence-electron chi connectivity index (χ2n) is 1.83. The molecule has 1 nitrogen and oxygen atoms in total. The van der Waals surface area contributed by atoms with Crippen LogP contribution in [-0.2, 0) is 0 Å². The number of hydrogen-bond donors (Lipinski definition) is 0. The van der Waals surface area contributed by atoms with Crippen LogP contribution in [0.5, 0.6) is 0 Å². The molecule has 0 saturated heterocycles. The Hall–Kier alpha value is -0.615. The second kappa shape index (κ2) is 1.96. The van der Waals surface area contributed by atoms with E-state index in [1.807, 2.05) is 6.07 Å². The summed E-state index contributed by atoms with van der Waals surface area (Å²) >= 11 is 0. The summed E-state index contributed by atoms with van der Waals surface area (Å²) in [7, 11) is 1.21. The molecular formula is C6H4BOP. The second-order valence-corrected chi connectivity index (χ2v) is 2.69. The summed E-state index contributed by atoms with van der Waals surface area (Å²) in [6, 6.07) is 1.97. The fraction of sp³-hybridized carbons (Fsp3) is 0. The Morgan fingerprint density at radius 3 is 3.44 bits per heavy atom. The van der Waals surface area contributed by atoms with E-state index in [0.717, 1.165) is 5.58 Å². The molecular weight excluding hydrogens is 130 g/mol. The van der Waals surface area contributed by atoms with Crippen molar-refractivity contribution in [1.82, 2.24) is 0 Å². The molecule has 2 aromatic rings. The van der Waals surface area contributed by atoms with E-state index >= 15 is 0 Å². The van der Waals surface area contributed by atoms with Gasteiger partial charge in [-0.2, -0.15) is 0 Å². The first-order valence-electron chi connectivity index (χ1n) is 2.74. The van der Waals surface area contributed by atoms with Gasteiger partial charge in [0.15, 0.2) is 0 Å². The van der Waals surface area contributed by atoms with E-state index in [1.54, 1.807) is 6.26 Å². The van der Waals surface area contributed by atoms with Gasteiger partial charge in [0.05, 0.1) is 0 Å². The van der Waals surface area contributed by atoms with Crippen molar-refractivity contribution in [3.05, 3.63) is 24.1 Å². The van der Waals surface area contributed by atoms with Crippen LogP contribution >= 0.6 is 8.07 Å². The van der Waals surface area contributed by atoms with E-state index in [1.165, 1.54) is 13.5 Å². The molecule has 2 rings (SSSR count). The van der Waals surface area contributed by atoms with Crippen molar-refractivity contribution in [3.8, 4) is 0 Å². The molecule has 0 saturated carbocycles. The molecule has 0 radical (unpaired) electrons. The standard InChI is InChI=1S/C6H4BOP/c1-2-8-6-4-9-7-3-5(1)6/h1-4H. The van der Waals surface area contributed by atoms with Crippen molar-refractivity contribution in [1.29, 1.82) is 0 Å². The van der Waals surface area contributed by atoms with Gasteiger partial charge in [-0.15, -0.1) is 0 Å². The molecule has 42 valence electrons. The van der Waals surface area contributed by atoms with Gasteiger partial charge in [-0.25, -0.2) is 0 Å². The van der Waals surface area contributed by atoms with Gasteiger partial charge in [0, 0.05) is 0 Å². The van der Waals surface area contributed by atoms with E-state index in [0.29, 0.717) is 0 Å². The van der Waals surface area contributed by atoms with Gasteiger partial charge in [-0.3, -0.25) is 0 Å². The summed E-state index contributed by atoms with van der Waals surface area (Å²) < 4.78 is 5.14. The molecule has 0 bridgehead atoms. The molecule has 0 aliphatic heterocycles. The summed E-state index contributed by atoms with van der Waals surface area (Å²) in [5.41, 5.74) is 0.999. The Morgan fingerprint density at radius 1 is 1.56 bits per heavy atom. The quantitative estimate of drug-likeness (QED) is 0.538. The van der Waals surface area contributed by atoms with Crippen molar-refractivity contribution >= 4 is 25.7 Å². The Balaban J connectivity index is 2.95. The third kappa shape index (κ3) is 0.798. The van der Waals surface area contributed by atoms with Gasteiger partial charge in [-0.1, -0.05) is 0 Å². The molecule has 0 atom stereocenters. The Labute approximate surface area is 55.0 Å². The van der Waals surface area contributed by atoms with Gasteiger partial charge >= 0.3 is 54.2 Å². The summed E-state index contributed by atoms with van der Waals surface area (Å²) in [6.45, 7) is 2.10. The molecule has 0 unspecified atom stereocenters. The first-order valence-corrected chi connectivity index (χ1v) is 3.77. The topological polar surface area (TPSA) is 13.1 Å². The van der Waals surface area contributed by atoms with Crippen molar-refractivity contribution in [2.75, 3.05) is 0 Å². The van der Waals surface area contributed by atoms with Crippen LogP contribution in [0, 0.1) is 0 Å². The van der Waals surface area contributed by atoms with Crippen molar-refractivity contribution < 1.29 is 4.42 Å². The van der Waals surface area contributed by atoms with Gasteiger partial charge in [-0.05, 0) is 0 Å². The Morgan fingerprint density at radius 2 is 2.56 bits per heavy atom. The maximum absolute atomic E-state index is 5.14. The van der Waals surface area contributed by atoms with Crippen LogP contribution in [0.4, 0.5) is 0 Å². The van der Waals surface area contributed by atoms with E-state index in [-0.39, 0.29) is 0 Å². The molecule has 9 heavy (non-hydrogen) atoms. The van der Waals surface area contributed by atoms with Gasteiger partial charge in [0.2, 0.25) is 0 Å². The van der Waals surface area contributed by atoms with Crippen LogP contribution in [0.3, 0.4) is 0 Å². The van der Waals surface area contributed by atoms with Gasteiger partial charge in [0.25, 0.3) is 0 Å². The summed E-state index contributed by atoms with van der Waals surface area (Å²) in [6.07, 6.45) is 1.71. The number of furan rings is 1. The monoisotopic (exact) mass is 134 g/mol. The number of hydrogen-bond acceptors (Lipinski definition) is 1. The average molecular weight is 134 g/mol. The molecule has 3 heteroatoms. The third-order valence-corrected chi connectivity index (χ3v) is 1.96. The number of fused-ring (bicyclic) bond motifs is 1. The number of rotatable bonds is 0. The summed E-state index contributed by atoms with van der Waals surface area (Å²) in [5.74, 6) is 4.12. The van der Waals surface area contributed by atoms with Crippen LogP contribution in [0.1, 0.15) is 0 Å². The predicted molar refractivity (Wildman–Crippen MR) is 40.1 cm³/mol. The molecule has 0 fully saturated rings. The molecule has 0 N–H and O–H groups in total. The molecule has 2 heterocycles. The van der Waals surface area contributed by atoms with Crippen LogP contribution in [0.25, 0.3) is 11.0 Å². The van der Waals surface area contributed by atoms with Crippen LogP contribution in [0.15, 0.2) is 28.5 Å². The van der Waals surface area contributed by atoms with Crippen molar-refractivity contribution in [2.24, 2.45) is 0 Å².